The number of aromatic nitrogens is 1. The van der Waals surface area contributed by atoms with E-state index in [1.807, 2.05) is 24.3 Å². The Hall–Kier alpha value is -2.50. The lowest BCUT2D eigenvalue weighted by Gasteiger charge is -2.28. The predicted octanol–water partition coefficient (Wildman–Crippen LogP) is 3.03. The summed E-state index contributed by atoms with van der Waals surface area (Å²) in [4.78, 5) is 28.0. The molecule has 1 aromatic heterocycles. The molecule has 0 spiro atoms. The molecular weight excluding hydrogens is 296 g/mol. The van der Waals surface area contributed by atoms with E-state index < -0.39 is 23.7 Å². The number of hydrogen-bond donors (Lipinski definition) is 2. The summed E-state index contributed by atoms with van der Waals surface area (Å²) in [5.41, 5.74) is 1.12. The van der Waals surface area contributed by atoms with Crippen molar-refractivity contribution in [2.45, 2.75) is 38.8 Å². The van der Waals surface area contributed by atoms with Crippen LogP contribution in [0.15, 0.2) is 30.5 Å². The molecule has 0 bridgehead atoms. The van der Waals surface area contributed by atoms with Crippen molar-refractivity contribution >= 4 is 23.0 Å². The van der Waals surface area contributed by atoms with E-state index in [1.54, 1.807) is 27.0 Å². The SMILES string of the molecule is CN(C(=O)OC(C)(C)C)C(Cc1c[nH]c2ccccc12)C(=O)O. The molecule has 0 radical (unpaired) electrons. The third-order valence-corrected chi connectivity index (χ3v) is 3.52. The highest BCUT2D eigenvalue weighted by Crippen LogP contribution is 2.21. The van der Waals surface area contributed by atoms with E-state index in [-0.39, 0.29) is 6.42 Å². The van der Waals surface area contributed by atoms with E-state index >= 15 is 0 Å². The van der Waals surface area contributed by atoms with Gasteiger partial charge in [0.25, 0.3) is 0 Å². The van der Waals surface area contributed by atoms with Crippen LogP contribution in [0.1, 0.15) is 26.3 Å². The summed E-state index contributed by atoms with van der Waals surface area (Å²) in [6.07, 6.45) is 1.34. The normalized spacial score (nSPS) is 12.9. The standard InChI is InChI=1S/C17H22N2O4/c1-17(2,3)23-16(22)19(4)14(15(20)21)9-11-10-18-13-8-6-5-7-12(11)13/h5-8,10,14,18H,9H2,1-4H3,(H,20,21). The Morgan fingerprint density at radius 1 is 1.30 bits per heavy atom. The molecule has 0 saturated carbocycles. The van der Waals surface area contributed by atoms with Crippen LogP contribution in [0.4, 0.5) is 4.79 Å². The summed E-state index contributed by atoms with van der Waals surface area (Å²) in [6.45, 7) is 5.23. The van der Waals surface area contributed by atoms with Crippen molar-refractivity contribution in [3.05, 3.63) is 36.0 Å². The van der Waals surface area contributed by atoms with E-state index in [2.05, 4.69) is 4.98 Å². The van der Waals surface area contributed by atoms with Crippen molar-refractivity contribution < 1.29 is 19.4 Å². The molecule has 6 nitrogen and oxygen atoms in total. The Morgan fingerprint density at radius 2 is 1.96 bits per heavy atom. The van der Waals surface area contributed by atoms with Gasteiger partial charge in [0.05, 0.1) is 0 Å². The molecule has 1 amide bonds. The number of H-pyrrole nitrogens is 1. The van der Waals surface area contributed by atoms with Crippen molar-refractivity contribution in [2.24, 2.45) is 0 Å². The maximum Gasteiger partial charge on any atom is 0.410 e. The largest absolute Gasteiger partial charge is 0.480 e. The Balaban J connectivity index is 2.22. The second kappa shape index (κ2) is 6.32. The highest BCUT2D eigenvalue weighted by molar-refractivity contribution is 5.85. The molecule has 1 atom stereocenters. The van der Waals surface area contributed by atoms with Crippen molar-refractivity contribution in [2.75, 3.05) is 7.05 Å². The fourth-order valence-electron chi connectivity index (χ4n) is 2.36. The number of ether oxygens (including phenoxy) is 1. The molecule has 1 unspecified atom stereocenters. The average molecular weight is 318 g/mol. The lowest BCUT2D eigenvalue weighted by Crippen LogP contribution is -2.46. The first-order valence-electron chi connectivity index (χ1n) is 7.42. The van der Waals surface area contributed by atoms with Crippen LogP contribution in [-0.4, -0.2) is 45.7 Å². The quantitative estimate of drug-likeness (QED) is 0.907. The number of carboxylic acids is 1. The van der Waals surface area contributed by atoms with Crippen LogP contribution >= 0.6 is 0 Å². The van der Waals surface area contributed by atoms with Gasteiger partial charge in [-0.15, -0.1) is 0 Å². The number of carboxylic acid groups (broad SMARTS) is 1. The van der Waals surface area contributed by atoms with Crippen molar-refractivity contribution in [1.29, 1.82) is 0 Å². The van der Waals surface area contributed by atoms with Crippen LogP contribution in [-0.2, 0) is 16.0 Å². The number of carbonyl (C=O) groups excluding carboxylic acids is 1. The Morgan fingerprint density at radius 3 is 2.57 bits per heavy atom. The maximum absolute atomic E-state index is 12.1. The van der Waals surface area contributed by atoms with Crippen LogP contribution in [0.3, 0.4) is 0 Å². The van der Waals surface area contributed by atoms with Crippen LogP contribution in [0.25, 0.3) is 10.9 Å². The van der Waals surface area contributed by atoms with E-state index in [0.717, 1.165) is 21.4 Å². The van der Waals surface area contributed by atoms with Crippen LogP contribution < -0.4 is 0 Å². The predicted molar refractivity (Wildman–Crippen MR) is 87.4 cm³/mol. The number of aliphatic carboxylic acids is 1. The summed E-state index contributed by atoms with van der Waals surface area (Å²) >= 11 is 0. The third kappa shape index (κ3) is 4.03. The Labute approximate surface area is 135 Å². The monoisotopic (exact) mass is 318 g/mol. The minimum atomic E-state index is -1.07. The number of para-hydroxylation sites is 1. The average Bonchev–Trinajstić information content (AvgIpc) is 2.85. The highest BCUT2D eigenvalue weighted by atomic mass is 16.6. The fraction of sp³-hybridized carbons (Fsp3) is 0.412. The molecule has 0 fully saturated rings. The number of carbonyl (C=O) groups is 2. The van der Waals surface area contributed by atoms with Crippen molar-refractivity contribution in [3.8, 4) is 0 Å². The molecule has 2 N–H and O–H groups in total. The summed E-state index contributed by atoms with van der Waals surface area (Å²) in [5, 5.41) is 10.5. The first-order valence-corrected chi connectivity index (χ1v) is 7.42. The van der Waals surface area contributed by atoms with Gasteiger partial charge in [0.1, 0.15) is 11.6 Å². The topological polar surface area (TPSA) is 82.6 Å². The molecule has 2 rings (SSSR count). The first kappa shape index (κ1) is 16.9. The Bertz CT molecular complexity index is 715. The van der Waals surface area contributed by atoms with Gasteiger partial charge in [0.2, 0.25) is 0 Å². The van der Waals surface area contributed by atoms with Gasteiger partial charge >= 0.3 is 12.1 Å². The van der Waals surface area contributed by atoms with Crippen LogP contribution in [0, 0.1) is 0 Å². The zero-order valence-electron chi connectivity index (χ0n) is 13.8. The number of hydrogen-bond acceptors (Lipinski definition) is 3. The fourth-order valence-corrected chi connectivity index (χ4v) is 2.36. The number of rotatable bonds is 4. The molecule has 0 saturated heterocycles. The molecule has 1 heterocycles. The summed E-state index contributed by atoms with van der Waals surface area (Å²) < 4.78 is 5.25. The summed E-state index contributed by atoms with van der Waals surface area (Å²) in [6, 6.07) is 6.65. The van der Waals surface area contributed by atoms with Gasteiger partial charge in [0.15, 0.2) is 0 Å². The molecule has 6 heteroatoms. The molecule has 1 aromatic carbocycles. The van der Waals surface area contributed by atoms with Gasteiger partial charge in [-0.2, -0.15) is 0 Å². The van der Waals surface area contributed by atoms with E-state index in [1.165, 1.54) is 7.05 Å². The summed E-state index contributed by atoms with van der Waals surface area (Å²) in [7, 11) is 1.45. The third-order valence-electron chi connectivity index (χ3n) is 3.52. The first-order chi connectivity index (χ1) is 10.7. The zero-order valence-corrected chi connectivity index (χ0v) is 13.8. The minimum Gasteiger partial charge on any atom is -0.480 e. The number of aromatic amines is 1. The molecule has 0 aliphatic carbocycles. The maximum atomic E-state index is 12.1. The van der Waals surface area contributed by atoms with Gasteiger partial charge in [-0.05, 0) is 32.4 Å². The number of nitrogens with one attached hydrogen (secondary N) is 1. The smallest absolute Gasteiger partial charge is 0.410 e. The number of benzene rings is 1. The number of nitrogens with zero attached hydrogens (tertiary/aromatic N) is 1. The lowest BCUT2D eigenvalue weighted by atomic mass is 10.0. The zero-order chi connectivity index (χ0) is 17.2. The van der Waals surface area contributed by atoms with E-state index in [0.29, 0.717) is 0 Å². The number of fused-ring (bicyclic) bond motifs is 1. The second-order valence-corrected chi connectivity index (χ2v) is 6.51. The molecule has 0 aliphatic heterocycles. The number of amides is 1. The second-order valence-electron chi connectivity index (χ2n) is 6.51. The van der Waals surface area contributed by atoms with Gasteiger partial charge in [0, 0.05) is 30.6 Å². The highest BCUT2D eigenvalue weighted by Gasteiger charge is 2.30. The van der Waals surface area contributed by atoms with Gasteiger partial charge in [-0.25, -0.2) is 9.59 Å². The van der Waals surface area contributed by atoms with Gasteiger partial charge in [-0.3, -0.25) is 4.90 Å². The molecule has 23 heavy (non-hydrogen) atoms. The molecule has 2 aromatic rings. The molecule has 124 valence electrons. The van der Waals surface area contributed by atoms with Crippen molar-refractivity contribution in [3.63, 3.8) is 0 Å². The molecular formula is C17H22N2O4. The van der Waals surface area contributed by atoms with Crippen molar-refractivity contribution in [1.82, 2.24) is 9.88 Å². The lowest BCUT2D eigenvalue weighted by molar-refractivity contribution is -0.142. The van der Waals surface area contributed by atoms with Gasteiger partial charge < -0.3 is 14.8 Å². The Kier molecular flexibility index (Phi) is 4.63. The van der Waals surface area contributed by atoms with Gasteiger partial charge in [-0.1, -0.05) is 18.2 Å². The van der Waals surface area contributed by atoms with E-state index in [9.17, 15) is 14.7 Å². The molecule has 0 aliphatic rings. The number of likely N-dealkylation sites (N-methyl/N-ethyl adjacent to an activating group) is 1. The van der Waals surface area contributed by atoms with Crippen LogP contribution in [0.5, 0.6) is 0 Å². The minimum absolute atomic E-state index is 0.203. The van der Waals surface area contributed by atoms with Crippen LogP contribution in [0.2, 0.25) is 0 Å². The van der Waals surface area contributed by atoms with E-state index in [4.69, 9.17) is 4.74 Å². The summed E-state index contributed by atoms with van der Waals surface area (Å²) in [5.74, 6) is -1.07.